The van der Waals surface area contributed by atoms with Crippen LogP contribution in [0.4, 0.5) is 0 Å². The molecular formula is C14H12N4O. The van der Waals surface area contributed by atoms with Crippen LogP contribution in [0, 0.1) is 0 Å². The molecule has 94 valence electrons. The Morgan fingerprint density at radius 3 is 2.53 bits per heavy atom. The van der Waals surface area contributed by atoms with Gasteiger partial charge in [0.25, 0.3) is 0 Å². The van der Waals surface area contributed by atoms with Crippen LogP contribution in [-0.2, 0) is 6.61 Å². The number of hydrogen-bond acceptors (Lipinski definition) is 4. The molecule has 1 heterocycles. The molecule has 19 heavy (non-hydrogen) atoms. The predicted octanol–water partition coefficient (Wildman–Crippen LogP) is 2.03. The Morgan fingerprint density at radius 1 is 1.00 bits per heavy atom. The number of aromatic nitrogens is 4. The van der Waals surface area contributed by atoms with E-state index in [1.807, 2.05) is 48.5 Å². The van der Waals surface area contributed by atoms with Gasteiger partial charge in [-0.05, 0) is 28.0 Å². The van der Waals surface area contributed by atoms with Crippen LogP contribution in [0.25, 0.3) is 22.5 Å². The highest BCUT2D eigenvalue weighted by Crippen LogP contribution is 2.30. The Balaban J connectivity index is 2.19. The van der Waals surface area contributed by atoms with Crippen molar-refractivity contribution < 1.29 is 5.11 Å². The lowest BCUT2D eigenvalue weighted by molar-refractivity contribution is 0.282. The molecule has 0 aliphatic carbocycles. The van der Waals surface area contributed by atoms with E-state index >= 15 is 0 Å². The number of H-pyrrole nitrogens is 1. The van der Waals surface area contributed by atoms with Crippen LogP contribution in [-0.4, -0.2) is 25.7 Å². The van der Waals surface area contributed by atoms with E-state index < -0.39 is 0 Å². The highest BCUT2D eigenvalue weighted by Gasteiger charge is 2.11. The Hall–Kier alpha value is -2.53. The molecule has 3 aromatic rings. The van der Waals surface area contributed by atoms with Crippen LogP contribution >= 0.6 is 0 Å². The van der Waals surface area contributed by atoms with Crippen molar-refractivity contribution in [1.29, 1.82) is 0 Å². The number of aromatic amines is 1. The summed E-state index contributed by atoms with van der Waals surface area (Å²) in [7, 11) is 0. The summed E-state index contributed by atoms with van der Waals surface area (Å²) in [6.45, 7) is -0.0140. The highest BCUT2D eigenvalue weighted by molar-refractivity contribution is 5.80. The summed E-state index contributed by atoms with van der Waals surface area (Å²) in [5, 5.41) is 23.3. The summed E-state index contributed by atoms with van der Waals surface area (Å²) in [6.07, 6.45) is 0. The average Bonchev–Trinajstić information content (AvgIpc) is 3.01. The van der Waals surface area contributed by atoms with E-state index in [0.717, 1.165) is 22.3 Å². The molecule has 0 fully saturated rings. The second-order valence-corrected chi connectivity index (χ2v) is 4.14. The van der Waals surface area contributed by atoms with E-state index in [9.17, 15) is 5.11 Å². The second kappa shape index (κ2) is 4.99. The lowest BCUT2D eigenvalue weighted by atomic mass is 9.97. The van der Waals surface area contributed by atoms with Gasteiger partial charge in [0.15, 0.2) is 0 Å². The maximum absolute atomic E-state index is 9.26. The lowest BCUT2D eigenvalue weighted by Crippen LogP contribution is -1.91. The van der Waals surface area contributed by atoms with Gasteiger partial charge in [0, 0.05) is 5.56 Å². The number of hydrogen-bond donors (Lipinski definition) is 2. The molecule has 0 radical (unpaired) electrons. The molecule has 2 N–H and O–H groups in total. The summed E-state index contributed by atoms with van der Waals surface area (Å²) < 4.78 is 0. The third-order valence-corrected chi connectivity index (χ3v) is 2.94. The predicted molar refractivity (Wildman–Crippen MR) is 71.0 cm³/mol. The van der Waals surface area contributed by atoms with Gasteiger partial charge in [-0.3, -0.25) is 0 Å². The quantitative estimate of drug-likeness (QED) is 0.748. The van der Waals surface area contributed by atoms with Gasteiger partial charge in [-0.1, -0.05) is 42.5 Å². The van der Waals surface area contributed by atoms with Crippen LogP contribution in [0.2, 0.25) is 0 Å². The molecule has 0 spiro atoms. The zero-order valence-electron chi connectivity index (χ0n) is 10.1. The van der Waals surface area contributed by atoms with Gasteiger partial charge < -0.3 is 5.11 Å². The molecule has 5 heteroatoms. The first-order chi connectivity index (χ1) is 9.38. The minimum atomic E-state index is -0.0140. The van der Waals surface area contributed by atoms with Crippen molar-refractivity contribution >= 4 is 0 Å². The minimum absolute atomic E-state index is 0.0140. The number of benzene rings is 2. The SMILES string of the molecule is OCc1ccc(-c2ccccc2)c(-c2nn[nH]n2)c1. The largest absolute Gasteiger partial charge is 0.392 e. The van der Waals surface area contributed by atoms with Gasteiger partial charge in [0.05, 0.1) is 6.61 Å². The van der Waals surface area contributed by atoms with Gasteiger partial charge in [-0.25, -0.2) is 0 Å². The Morgan fingerprint density at radius 2 is 1.84 bits per heavy atom. The van der Waals surface area contributed by atoms with Crippen LogP contribution < -0.4 is 0 Å². The van der Waals surface area contributed by atoms with Crippen LogP contribution in [0.3, 0.4) is 0 Å². The number of nitrogens with zero attached hydrogens (tertiary/aromatic N) is 3. The third-order valence-electron chi connectivity index (χ3n) is 2.94. The molecule has 3 rings (SSSR count). The Labute approximate surface area is 109 Å². The molecule has 0 saturated carbocycles. The summed E-state index contributed by atoms with van der Waals surface area (Å²) in [6, 6.07) is 15.7. The molecule has 0 bridgehead atoms. The van der Waals surface area contributed by atoms with Gasteiger partial charge in [-0.15, -0.1) is 10.2 Å². The van der Waals surface area contributed by atoms with Gasteiger partial charge in [0.1, 0.15) is 0 Å². The maximum Gasteiger partial charge on any atom is 0.205 e. The smallest absolute Gasteiger partial charge is 0.205 e. The van der Waals surface area contributed by atoms with Gasteiger partial charge in [-0.2, -0.15) is 5.21 Å². The van der Waals surface area contributed by atoms with Crippen molar-refractivity contribution in [2.75, 3.05) is 0 Å². The average molecular weight is 252 g/mol. The van der Waals surface area contributed by atoms with Crippen LogP contribution in [0.5, 0.6) is 0 Å². The van der Waals surface area contributed by atoms with E-state index in [-0.39, 0.29) is 6.61 Å². The second-order valence-electron chi connectivity index (χ2n) is 4.14. The van der Waals surface area contributed by atoms with Crippen molar-refractivity contribution in [2.24, 2.45) is 0 Å². The van der Waals surface area contributed by atoms with E-state index in [1.54, 1.807) is 0 Å². The van der Waals surface area contributed by atoms with Gasteiger partial charge >= 0.3 is 0 Å². The van der Waals surface area contributed by atoms with Crippen molar-refractivity contribution in [3.05, 3.63) is 54.1 Å². The van der Waals surface area contributed by atoms with Crippen molar-refractivity contribution in [1.82, 2.24) is 20.6 Å². The first kappa shape index (κ1) is 11.6. The first-order valence-electron chi connectivity index (χ1n) is 5.91. The molecule has 0 unspecified atom stereocenters. The molecule has 0 atom stereocenters. The minimum Gasteiger partial charge on any atom is -0.392 e. The Bertz CT molecular complexity index is 665. The maximum atomic E-state index is 9.26. The molecular weight excluding hydrogens is 240 g/mol. The molecule has 5 nitrogen and oxygen atoms in total. The van der Waals surface area contributed by atoms with E-state index in [1.165, 1.54) is 0 Å². The van der Waals surface area contributed by atoms with Crippen molar-refractivity contribution in [3.8, 4) is 22.5 Å². The molecule has 2 aromatic carbocycles. The van der Waals surface area contributed by atoms with Crippen molar-refractivity contribution in [2.45, 2.75) is 6.61 Å². The van der Waals surface area contributed by atoms with Crippen LogP contribution in [0.1, 0.15) is 5.56 Å². The van der Waals surface area contributed by atoms with E-state index in [2.05, 4.69) is 20.6 Å². The lowest BCUT2D eigenvalue weighted by Gasteiger charge is -2.08. The standard InChI is InChI=1S/C14H12N4O/c19-9-10-6-7-12(11-4-2-1-3-5-11)13(8-10)14-15-17-18-16-14/h1-8,19H,9H2,(H,15,16,17,18). The van der Waals surface area contributed by atoms with Crippen molar-refractivity contribution in [3.63, 3.8) is 0 Å². The monoisotopic (exact) mass is 252 g/mol. The normalized spacial score (nSPS) is 10.6. The summed E-state index contributed by atoms with van der Waals surface area (Å²) in [4.78, 5) is 0. The summed E-state index contributed by atoms with van der Waals surface area (Å²) in [5.41, 5.74) is 3.76. The van der Waals surface area contributed by atoms with Gasteiger partial charge in [0.2, 0.25) is 5.82 Å². The summed E-state index contributed by atoms with van der Waals surface area (Å²) in [5.74, 6) is 0.522. The number of aliphatic hydroxyl groups excluding tert-OH is 1. The van der Waals surface area contributed by atoms with E-state index in [4.69, 9.17) is 0 Å². The fourth-order valence-corrected chi connectivity index (χ4v) is 2.02. The van der Waals surface area contributed by atoms with Crippen LogP contribution in [0.15, 0.2) is 48.5 Å². The zero-order valence-corrected chi connectivity index (χ0v) is 10.1. The fourth-order valence-electron chi connectivity index (χ4n) is 2.02. The molecule has 0 aliphatic rings. The first-order valence-corrected chi connectivity index (χ1v) is 5.91. The van der Waals surface area contributed by atoms with E-state index in [0.29, 0.717) is 5.82 Å². The number of tetrazole rings is 1. The number of rotatable bonds is 3. The third kappa shape index (κ3) is 2.23. The topological polar surface area (TPSA) is 74.7 Å². The Kier molecular flexibility index (Phi) is 3.04. The molecule has 0 saturated heterocycles. The molecule has 1 aromatic heterocycles. The summed E-state index contributed by atoms with van der Waals surface area (Å²) >= 11 is 0. The number of aliphatic hydroxyl groups is 1. The molecule has 0 amide bonds. The highest BCUT2D eigenvalue weighted by atomic mass is 16.3. The zero-order chi connectivity index (χ0) is 13.1. The fraction of sp³-hybridized carbons (Fsp3) is 0.0714. The number of nitrogens with one attached hydrogen (secondary N) is 1. The molecule has 0 aliphatic heterocycles.